The molecule has 0 spiro atoms. The molecule has 2 aromatic rings. The summed E-state index contributed by atoms with van der Waals surface area (Å²) in [5, 5.41) is 0. The molecule has 0 amide bonds. The smallest absolute Gasteiger partial charge is 0.420 e. The van der Waals surface area contributed by atoms with E-state index in [-0.39, 0.29) is 18.3 Å². The second-order valence-electron chi connectivity index (χ2n) is 5.51. The van der Waals surface area contributed by atoms with E-state index in [1.165, 1.54) is 12.1 Å². The molecule has 0 aliphatic rings. The van der Waals surface area contributed by atoms with Crippen LogP contribution < -0.4 is 10.2 Å². The van der Waals surface area contributed by atoms with Crippen LogP contribution >= 0.6 is 0 Å². The topological polar surface area (TPSA) is 26.3 Å². The van der Waals surface area contributed by atoms with Crippen molar-refractivity contribution in [1.82, 2.24) is 0 Å². The molecule has 0 atom stereocenters. The van der Waals surface area contributed by atoms with Crippen LogP contribution in [0.2, 0.25) is 0 Å². The number of rotatable bonds is 4. The van der Waals surface area contributed by atoms with Crippen molar-refractivity contribution in [3.8, 4) is 5.75 Å². The van der Waals surface area contributed by atoms with Crippen LogP contribution in [0.25, 0.3) is 0 Å². The average Bonchev–Trinajstić information content (AvgIpc) is 2.65. The lowest BCUT2D eigenvalue weighted by atomic mass is 10.1. The number of alkyl halides is 3. The van der Waals surface area contributed by atoms with Crippen LogP contribution in [0.15, 0.2) is 53.3 Å². The van der Waals surface area contributed by atoms with Gasteiger partial charge in [0.05, 0.1) is 0 Å². The molecular weight excluding hydrogens is 305 g/mol. The third kappa shape index (κ3) is 4.34. The van der Waals surface area contributed by atoms with Crippen LogP contribution in [0, 0.1) is 0 Å². The van der Waals surface area contributed by atoms with Gasteiger partial charge in [-0.25, -0.2) is 0 Å². The third-order valence-electron chi connectivity index (χ3n) is 3.42. The first-order valence-corrected chi connectivity index (χ1v) is 7.21. The first-order chi connectivity index (χ1) is 10.8. The number of halogens is 3. The lowest BCUT2D eigenvalue weighted by Crippen LogP contribution is -2.18. The van der Waals surface area contributed by atoms with Gasteiger partial charge in [0.1, 0.15) is 12.2 Å². The summed E-state index contributed by atoms with van der Waals surface area (Å²) in [4.78, 5) is 12.2. The zero-order chi connectivity index (χ0) is 17.0. The minimum absolute atomic E-state index is 0.0260. The van der Waals surface area contributed by atoms with Crippen LogP contribution in [0.3, 0.4) is 0 Å². The molecule has 0 fully saturated rings. The minimum Gasteiger partial charge on any atom is -0.485 e. The van der Waals surface area contributed by atoms with Crippen LogP contribution in [0.5, 0.6) is 5.75 Å². The highest BCUT2D eigenvalue weighted by molar-refractivity contribution is 5.34. The number of ether oxygens (including phenoxy) is 1. The summed E-state index contributed by atoms with van der Waals surface area (Å²) in [5.41, 5.74) is -0.966. The lowest BCUT2D eigenvalue weighted by molar-refractivity contribution is -0.138. The van der Waals surface area contributed by atoms with Gasteiger partial charge >= 0.3 is 6.18 Å². The van der Waals surface area contributed by atoms with Gasteiger partial charge in [0.15, 0.2) is 5.75 Å². The third-order valence-corrected chi connectivity index (χ3v) is 3.42. The van der Waals surface area contributed by atoms with E-state index >= 15 is 0 Å². The van der Waals surface area contributed by atoms with Gasteiger partial charge in [-0.05, 0) is 29.2 Å². The SMILES string of the molecule is CC(C)c1ccc(C(F)(F)F)c(=O)c(OCc2ccccc2)c1. The zero-order valence-electron chi connectivity index (χ0n) is 12.9. The fourth-order valence-electron chi connectivity index (χ4n) is 2.08. The van der Waals surface area contributed by atoms with E-state index in [1.54, 1.807) is 24.3 Å². The van der Waals surface area contributed by atoms with E-state index in [0.29, 0.717) is 5.56 Å². The maximum atomic E-state index is 13.0. The van der Waals surface area contributed by atoms with Crippen LogP contribution in [-0.2, 0) is 12.8 Å². The van der Waals surface area contributed by atoms with E-state index in [9.17, 15) is 18.0 Å². The van der Waals surface area contributed by atoms with Gasteiger partial charge in [0.2, 0.25) is 5.43 Å². The van der Waals surface area contributed by atoms with Gasteiger partial charge in [-0.1, -0.05) is 50.2 Å². The van der Waals surface area contributed by atoms with Crippen LogP contribution in [0.4, 0.5) is 13.2 Å². The molecule has 0 aromatic heterocycles. The summed E-state index contributed by atoms with van der Waals surface area (Å²) >= 11 is 0. The number of hydrogen-bond acceptors (Lipinski definition) is 2. The van der Waals surface area contributed by atoms with Crippen molar-refractivity contribution in [3.63, 3.8) is 0 Å². The van der Waals surface area contributed by atoms with Crippen molar-refractivity contribution < 1.29 is 17.9 Å². The molecule has 2 rings (SSSR count). The molecule has 5 heteroatoms. The van der Waals surface area contributed by atoms with E-state index < -0.39 is 17.2 Å². The largest absolute Gasteiger partial charge is 0.485 e. The maximum absolute atomic E-state index is 13.0. The monoisotopic (exact) mass is 322 g/mol. The van der Waals surface area contributed by atoms with Crippen molar-refractivity contribution in [1.29, 1.82) is 0 Å². The summed E-state index contributed by atoms with van der Waals surface area (Å²) in [6.07, 6.45) is -4.71. The van der Waals surface area contributed by atoms with Crippen molar-refractivity contribution in [2.75, 3.05) is 0 Å². The molecule has 0 N–H and O–H groups in total. The van der Waals surface area contributed by atoms with Gasteiger partial charge in [-0.3, -0.25) is 4.79 Å². The van der Waals surface area contributed by atoms with Gasteiger partial charge in [-0.2, -0.15) is 13.2 Å². The molecule has 2 aromatic carbocycles. The second-order valence-corrected chi connectivity index (χ2v) is 5.51. The Labute approximate surface area is 132 Å². The molecule has 0 bridgehead atoms. The first kappa shape index (κ1) is 17.1. The molecule has 2 nitrogen and oxygen atoms in total. The molecular formula is C18H17F3O2. The van der Waals surface area contributed by atoms with E-state index in [1.807, 2.05) is 19.9 Å². The molecule has 0 saturated heterocycles. The molecule has 0 aliphatic carbocycles. The fourth-order valence-corrected chi connectivity index (χ4v) is 2.08. The normalized spacial score (nSPS) is 11.6. The van der Waals surface area contributed by atoms with Gasteiger partial charge < -0.3 is 4.74 Å². The quantitative estimate of drug-likeness (QED) is 0.810. The fraction of sp³-hybridized carbons (Fsp3) is 0.278. The summed E-state index contributed by atoms with van der Waals surface area (Å²) in [7, 11) is 0. The molecule has 0 radical (unpaired) electrons. The molecule has 0 unspecified atom stereocenters. The number of hydrogen-bond donors (Lipinski definition) is 0. The summed E-state index contributed by atoms with van der Waals surface area (Å²) in [6, 6.07) is 12.5. The average molecular weight is 322 g/mol. The van der Waals surface area contributed by atoms with E-state index in [0.717, 1.165) is 11.6 Å². The molecule has 0 saturated carbocycles. The standard InChI is InChI=1S/C18H17F3O2/c1-12(2)14-8-9-15(18(19,20)21)17(22)16(10-14)23-11-13-6-4-3-5-7-13/h3-10,12H,11H2,1-2H3. The van der Waals surface area contributed by atoms with E-state index in [2.05, 4.69) is 0 Å². The minimum atomic E-state index is -4.71. The van der Waals surface area contributed by atoms with Crippen LogP contribution in [0.1, 0.15) is 36.5 Å². The Hall–Kier alpha value is -2.30. The second kappa shape index (κ2) is 6.86. The van der Waals surface area contributed by atoms with Crippen molar-refractivity contribution in [3.05, 3.63) is 75.4 Å². The summed E-state index contributed by atoms with van der Waals surface area (Å²) in [6.45, 7) is 3.72. The molecule has 23 heavy (non-hydrogen) atoms. The maximum Gasteiger partial charge on any atom is 0.420 e. The molecule has 0 heterocycles. The predicted octanol–water partition coefficient (Wildman–Crippen LogP) is 4.77. The van der Waals surface area contributed by atoms with Gasteiger partial charge in [0, 0.05) is 0 Å². The summed E-state index contributed by atoms with van der Waals surface area (Å²) in [5.74, 6) is -0.308. The van der Waals surface area contributed by atoms with E-state index in [4.69, 9.17) is 4.74 Å². The molecule has 122 valence electrons. The Balaban J connectivity index is 2.45. The van der Waals surface area contributed by atoms with Crippen molar-refractivity contribution in [2.24, 2.45) is 0 Å². The predicted molar refractivity (Wildman–Crippen MR) is 82.6 cm³/mol. The van der Waals surface area contributed by atoms with Crippen LogP contribution in [-0.4, -0.2) is 0 Å². The number of benzene rings is 1. The van der Waals surface area contributed by atoms with Gasteiger partial charge in [-0.15, -0.1) is 0 Å². The Morgan fingerprint density at radius 3 is 2.26 bits per heavy atom. The highest BCUT2D eigenvalue weighted by Crippen LogP contribution is 2.28. The Morgan fingerprint density at radius 1 is 1.04 bits per heavy atom. The lowest BCUT2D eigenvalue weighted by Gasteiger charge is -2.07. The highest BCUT2D eigenvalue weighted by Gasteiger charge is 2.34. The van der Waals surface area contributed by atoms with Crippen molar-refractivity contribution in [2.45, 2.75) is 32.5 Å². The summed E-state index contributed by atoms with van der Waals surface area (Å²) < 4.78 is 44.5. The highest BCUT2D eigenvalue weighted by atomic mass is 19.4. The Kier molecular flexibility index (Phi) is 5.08. The van der Waals surface area contributed by atoms with Gasteiger partial charge in [0.25, 0.3) is 0 Å². The van der Waals surface area contributed by atoms with Crippen molar-refractivity contribution >= 4 is 0 Å². The Bertz CT molecular complexity index is 722. The molecule has 0 aliphatic heterocycles. The first-order valence-electron chi connectivity index (χ1n) is 7.21. The zero-order valence-corrected chi connectivity index (χ0v) is 12.9. The Morgan fingerprint density at radius 2 is 1.70 bits per heavy atom.